The number of benzene rings is 2. The summed E-state index contributed by atoms with van der Waals surface area (Å²) in [5, 5.41) is 17.6. The summed E-state index contributed by atoms with van der Waals surface area (Å²) in [5.74, 6) is -0.617. The van der Waals surface area contributed by atoms with Crippen LogP contribution >= 0.6 is 0 Å². The van der Waals surface area contributed by atoms with E-state index in [1.807, 2.05) is 19.1 Å². The zero-order chi connectivity index (χ0) is 23.8. The van der Waals surface area contributed by atoms with Crippen molar-refractivity contribution in [3.63, 3.8) is 0 Å². The van der Waals surface area contributed by atoms with E-state index in [0.29, 0.717) is 11.1 Å². The lowest BCUT2D eigenvalue weighted by Crippen LogP contribution is -2.25. The molecule has 2 aromatic carbocycles. The molecular formula is C26H34O6. The van der Waals surface area contributed by atoms with Gasteiger partial charge in [0.15, 0.2) is 11.6 Å². The van der Waals surface area contributed by atoms with Gasteiger partial charge in [-0.25, -0.2) is 0 Å². The van der Waals surface area contributed by atoms with Crippen LogP contribution in [-0.4, -0.2) is 47.1 Å². The minimum Gasteiger partial charge on any atom is -0.463 e. The van der Waals surface area contributed by atoms with Crippen LogP contribution in [0.4, 0.5) is 0 Å². The number of unbranched alkanes of at least 4 members (excludes halogenated alkanes) is 1. The molecule has 6 heteroatoms. The van der Waals surface area contributed by atoms with Crippen molar-refractivity contribution in [1.29, 1.82) is 0 Å². The van der Waals surface area contributed by atoms with Gasteiger partial charge in [-0.05, 0) is 12.8 Å². The lowest BCUT2D eigenvalue weighted by molar-refractivity contribution is -0.152. The van der Waals surface area contributed by atoms with Crippen LogP contribution in [0.3, 0.4) is 0 Å². The monoisotopic (exact) mass is 442 g/mol. The van der Waals surface area contributed by atoms with Gasteiger partial charge in [-0.3, -0.25) is 14.4 Å². The minimum atomic E-state index is -0.961. The Morgan fingerprint density at radius 2 is 1.38 bits per heavy atom. The summed E-state index contributed by atoms with van der Waals surface area (Å²) in [6, 6.07) is 17.7. The Kier molecular flexibility index (Phi) is 13.5. The van der Waals surface area contributed by atoms with Gasteiger partial charge in [0.25, 0.3) is 0 Å². The third-order valence-electron chi connectivity index (χ3n) is 4.87. The molecular weight excluding hydrogens is 408 g/mol. The van der Waals surface area contributed by atoms with Crippen molar-refractivity contribution in [2.24, 2.45) is 5.92 Å². The van der Waals surface area contributed by atoms with Crippen molar-refractivity contribution in [2.75, 3.05) is 13.2 Å². The van der Waals surface area contributed by atoms with Crippen molar-refractivity contribution in [3.8, 4) is 0 Å². The van der Waals surface area contributed by atoms with E-state index >= 15 is 0 Å². The molecule has 0 amide bonds. The maximum absolute atomic E-state index is 11.8. The smallest absolute Gasteiger partial charge is 0.309 e. The molecule has 32 heavy (non-hydrogen) atoms. The van der Waals surface area contributed by atoms with Crippen molar-refractivity contribution in [2.45, 2.75) is 52.1 Å². The Hall–Kier alpha value is -2.83. The fourth-order valence-electron chi connectivity index (χ4n) is 2.89. The third-order valence-corrected chi connectivity index (χ3v) is 4.87. The summed E-state index contributed by atoms with van der Waals surface area (Å²) < 4.78 is 4.90. The summed E-state index contributed by atoms with van der Waals surface area (Å²) >= 11 is 0. The number of carbonyl (C=O) groups excluding carboxylic acids is 3. The molecule has 2 N–H and O–H groups in total. The Balaban J connectivity index is 0.000000324. The van der Waals surface area contributed by atoms with E-state index in [2.05, 4.69) is 6.92 Å². The first kappa shape index (κ1) is 27.2. The molecule has 0 spiro atoms. The van der Waals surface area contributed by atoms with Crippen LogP contribution in [0, 0.1) is 5.92 Å². The largest absolute Gasteiger partial charge is 0.463 e. The molecule has 0 saturated heterocycles. The number of Topliss-reactive ketones (excluding diaryl/α,β-unsaturated/α-hetero) is 2. The number of ketones is 2. The van der Waals surface area contributed by atoms with Crippen molar-refractivity contribution in [1.82, 2.24) is 0 Å². The first-order valence-corrected chi connectivity index (χ1v) is 11.0. The number of aliphatic hydroxyl groups excluding tert-OH is 2. The lowest BCUT2D eigenvalue weighted by atomic mass is 10.00. The topological polar surface area (TPSA) is 101 Å². The molecule has 0 heterocycles. The molecule has 2 atom stereocenters. The van der Waals surface area contributed by atoms with E-state index in [4.69, 9.17) is 14.9 Å². The maximum atomic E-state index is 11.8. The second kappa shape index (κ2) is 15.9. The molecule has 0 aliphatic heterocycles. The molecule has 2 rings (SSSR count). The molecule has 174 valence electrons. The molecule has 0 aliphatic carbocycles. The number of hydrogen-bond donors (Lipinski definition) is 2. The Labute approximate surface area is 190 Å². The molecule has 0 bridgehead atoms. The predicted octanol–water partition coefficient (Wildman–Crippen LogP) is 4.24. The van der Waals surface area contributed by atoms with Crippen LogP contribution in [0.1, 0.15) is 66.7 Å². The second-order valence-electron chi connectivity index (χ2n) is 7.47. The number of rotatable bonds is 12. The number of ether oxygens (including phenoxy) is 1. The maximum Gasteiger partial charge on any atom is 0.309 e. The number of aliphatic hydroxyl groups is 2. The summed E-state index contributed by atoms with van der Waals surface area (Å²) in [6.07, 6.45) is 2.63. The Morgan fingerprint density at radius 3 is 1.78 bits per heavy atom. The van der Waals surface area contributed by atoms with Crippen LogP contribution in [-0.2, 0) is 9.53 Å². The van der Waals surface area contributed by atoms with Gasteiger partial charge in [0.1, 0.15) is 12.7 Å². The molecule has 2 unspecified atom stereocenters. The number of hydrogen-bond acceptors (Lipinski definition) is 6. The molecule has 0 aliphatic rings. The highest BCUT2D eigenvalue weighted by molar-refractivity contribution is 6.13. The average molecular weight is 443 g/mol. The van der Waals surface area contributed by atoms with Crippen LogP contribution in [0.25, 0.3) is 0 Å². The number of carbonyl (C=O) groups is 3. The van der Waals surface area contributed by atoms with E-state index in [0.717, 1.165) is 25.7 Å². The minimum absolute atomic E-state index is 0.0733. The van der Waals surface area contributed by atoms with Gasteiger partial charge in [-0.2, -0.15) is 0 Å². The third kappa shape index (κ3) is 10.5. The SMILES string of the molecule is CCCCC(CC)C(=O)OCC(O)CO.O=C(CC(=O)c1ccccc1)c1ccccc1. The highest BCUT2D eigenvalue weighted by atomic mass is 16.5. The van der Waals surface area contributed by atoms with Crippen molar-refractivity contribution >= 4 is 17.5 Å². The van der Waals surface area contributed by atoms with Crippen molar-refractivity contribution in [3.05, 3.63) is 71.8 Å². The van der Waals surface area contributed by atoms with Gasteiger partial charge in [0, 0.05) is 11.1 Å². The highest BCUT2D eigenvalue weighted by Crippen LogP contribution is 2.14. The zero-order valence-corrected chi connectivity index (χ0v) is 18.9. The highest BCUT2D eigenvalue weighted by Gasteiger charge is 2.18. The quantitative estimate of drug-likeness (QED) is 0.290. The van der Waals surface area contributed by atoms with Gasteiger partial charge in [-0.15, -0.1) is 0 Å². The van der Waals surface area contributed by atoms with Crippen molar-refractivity contribution < 1.29 is 29.3 Å². The number of esters is 1. The summed E-state index contributed by atoms with van der Waals surface area (Å²) in [5.41, 5.74) is 1.16. The standard InChI is InChI=1S/C15H12O2.C11H22O4/c16-14(12-7-3-1-4-8-12)11-15(17)13-9-5-2-6-10-13;1-3-5-6-9(4-2)11(14)15-8-10(13)7-12/h1-10H,11H2;9-10,12-13H,3-8H2,1-2H3. The summed E-state index contributed by atoms with van der Waals surface area (Å²) in [7, 11) is 0. The normalized spacial score (nSPS) is 12.1. The van der Waals surface area contributed by atoms with E-state index < -0.39 is 6.10 Å². The summed E-state index contributed by atoms with van der Waals surface area (Å²) in [6.45, 7) is 3.54. The van der Waals surface area contributed by atoms with E-state index in [9.17, 15) is 14.4 Å². The molecule has 2 aromatic rings. The van der Waals surface area contributed by atoms with Crippen LogP contribution < -0.4 is 0 Å². The lowest BCUT2D eigenvalue weighted by Gasteiger charge is -2.15. The molecule has 0 saturated carbocycles. The van der Waals surface area contributed by atoms with Gasteiger partial charge in [0.2, 0.25) is 0 Å². The van der Waals surface area contributed by atoms with Crippen LogP contribution in [0.5, 0.6) is 0 Å². The van der Waals surface area contributed by atoms with Gasteiger partial charge < -0.3 is 14.9 Å². The van der Waals surface area contributed by atoms with Gasteiger partial charge >= 0.3 is 5.97 Å². The van der Waals surface area contributed by atoms with E-state index in [1.54, 1.807) is 48.5 Å². The fourth-order valence-corrected chi connectivity index (χ4v) is 2.89. The van der Waals surface area contributed by atoms with Crippen LogP contribution in [0.15, 0.2) is 60.7 Å². The van der Waals surface area contributed by atoms with E-state index in [-0.39, 0.29) is 43.1 Å². The second-order valence-corrected chi connectivity index (χ2v) is 7.47. The first-order chi connectivity index (χ1) is 15.4. The molecule has 6 nitrogen and oxygen atoms in total. The fraction of sp³-hybridized carbons (Fsp3) is 0.423. The first-order valence-electron chi connectivity index (χ1n) is 11.0. The van der Waals surface area contributed by atoms with Gasteiger partial charge in [0.05, 0.1) is 18.9 Å². The Morgan fingerprint density at radius 1 is 0.875 bits per heavy atom. The Bertz CT molecular complexity index is 754. The average Bonchev–Trinajstić information content (AvgIpc) is 2.84. The van der Waals surface area contributed by atoms with E-state index in [1.165, 1.54) is 0 Å². The van der Waals surface area contributed by atoms with Gasteiger partial charge in [-0.1, -0.05) is 87.4 Å². The molecule has 0 fully saturated rings. The molecule has 0 radical (unpaired) electrons. The molecule has 0 aromatic heterocycles. The van der Waals surface area contributed by atoms with Crippen LogP contribution in [0.2, 0.25) is 0 Å². The zero-order valence-electron chi connectivity index (χ0n) is 18.9. The summed E-state index contributed by atoms with van der Waals surface area (Å²) in [4.78, 5) is 35.1. The predicted molar refractivity (Wildman–Crippen MR) is 124 cm³/mol.